The molecule has 0 aliphatic carbocycles. The van der Waals surface area contributed by atoms with Crippen LogP contribution in [0.4, 0.5) is 43.9 Å². The van der Waals surface area contributed by atoms with Gasteiger partial charge in [-0.3, -0.25) is 0 Å². The number of carboxylic acids is 1. The summed E-state index contributed by atoms with van der Waals surface area (Å²) >= 11 is 12.3. The number of hydrogen-bond acceptors (Lipinski definition) is 8. The predicted molar refractivity (Wildman–Crippen MR) is 160 cm³/mol. The highest BCUT2D eigenvalue weighted by atomic mass is 35.5. The Morgan fingerprint density at radius 2 is 1.67 bits per heavy atom. The molecule has 0 atom stereocenters. The molecule has 2 aromatic heterocycles. The van der Waals surface area contributed by atoms with E-state index < -0.39 is 23.9 Å². The van der Waals surface area contributed by atoms with Crippen LogP contribution in [0.2, 0.25) is 10.0 Å². The number of likely N-dealkylation sites (N-methyl/N-ethyl adjacent to an activating group) is 2. The summed E-state index contributed by atoms with van der Waals surface area (Å²) in [6.07, 6.45) is -7.25. The van der Waals surface area contributed by atoms with Crippen molar-refractivity contribution in [3.63, 3.8) is 0 Å². The van der Waals surface area contributed by atoms with Crippen LogP contribution in [0.5, 0.6) is 0 Å². The van der Waals surface area contributed by atoms with Gasteiger partial charge in [0.2, 0.25) is 5.95 Å². The van der Waals surface area contributed by atoms with Crippen LogP contribution in [0.25, 0.3) is 0 Å². The van der Waals surface area contributed by atoms with Crippen LogP contribution in [0.1, 0.15) is 22.4 Å². The number of nitrogens with one attached hydrogen (secondary N) is 1. The Hall–Kier alpha value is -3.56. The minimum atomic E-state index is -5.08. The summed E-state index contributed by atoms with van der Waals surface area (Å²) in [5, 5.41) is 11.5. The van der Waals surface area contributed by atoms with Gasteiger partial charge in [-0.15, -0.1) is 0 Å². The first-order chi connectivity index (χ1) is 21.0. The molecule has 0 bridgehead atoms. The van der Waals surface area contributed by atoms with Crippen molar-refractivity contribution in [2.24, 2.45) is 0 Å². The molecule has 1 aliphatic rings. The molecule has 0 fully saturated rings. The molecule has 9 nitrogen and oxygen atoms in total. The van der Waals surface area contributed by atoms with E-state index in [1.807, 2.05) is 32.1 Å². The van der Waals surface area contributed by atoms with E-state index >= 15 is 0 Å². The molecule has 3 aromatic rings. The smallest absolute Gasteiger partial charge is 0.475 e. The average molecular weight is 682 g/mol. The number of aromatic nitrogens is 3. The van der Waals surface area contributed by atoms with Crippen molar-refractivity contribution in [2.75, 3.05) is 62.4 Å². The van der Waals surface area contributed by atoms with Gasteiger partial charge in [-0.25, -0.2) is 14.8 Å². The zero-order valence-electron chi connectivity index (χ0n) is 24.5. The molecule has 1 aliphatic heterocycles. The Morgan fingerprint density at radius 3 is 2.27 bits per heavy atom. The van der Waals surface area contributed by atoms with Gasteiger partial charge in [-0.2, -0.15) is 31.3 Å². The van der Waals surface area contributed by atoms with Crippen molar-refractivity contribution in [1.82, 2.24) is 19.9 Å². The number of rotatable bonds is 8. The van der Waals surface area contributed by atoms with Gasteiger partial charge in [0.15, 0.2) is 0 Å². The van der Waals surface area contributed by atoms with E-state index in [9.17, 15) is 26.3 Å². The number of hydrogen-bond donors (Lipinski definition) is 2. The highest BCUT2D eigenvalue weighted by Gasteiger charge is 2.38. The number of anilines is 3. The molecule has 4 rings (SSSR count). The van der Waals surface area contributed by atoms with Gasteiger partial charge in [0.25, 0.3) is 0 Å². The van der Waals surface area contributed by atoms with Gasteiger partial charge in [-0.05, 0) is 50.3 Å². The van der Waals surface area contributed by atoms with Gasteiger partial charge >= 0.3 is 18.3 Å². The van der Waals surface area contributed by atoms with E-state index in [1.54, 1.807) is 17.0 Å². The van der Waals surface area contributed by atoms with Crippen molar-refractivity contribution in [1.29, 1.82) is 0 Å². The maximum Gasteiger partial charge on any atom is 0.490 e. The summed E-state index contributed by atoms with van der Waals surface area (Å²) < 4.78 is 72.8. The molecule has 0 unspecified atom stereocenters. The van der Waals surface area contributed by atoms with E-state index in [-0.39, 0.29) is 5.82 Å². The largest absolute Gasteiger partial charge is 0.490 e. The maximum absolute atomic E-state index is 13.7. The van der Waals surface area contributed by atoms with E-state index in [0.717, 1.165) is 29.4 Å². The first kappa shape index (κ1) is 35.9. The normalized spacial score (nSPS) is 13.5. The lowest BCUT2D eigenvalue weighted by Gasteiger charge is -2.24. The topological polar surface area (TPSA) is 97.7 Å². The molecule has 1 aromatic carbocycles. The fourth-order valence-electron chi connectivity index (χ4n) is 4.27. The molecule has 2 N–H and O–H groups in total. The standard InChI is InChI=1S/C26H30Cl2F3N7.C2HF3O2/c1-36(2)13-14-37(3)25-34-22-9-12-38(24-19(26(29,30)31)5-4-10-32-24)11-8-18(22)23(35-25)33-16-17-6-7-20(27)21(28)15-17;3-2(4,5)1(6)7/h4-7,10,15H,8-9,11-14,16H2,1-3H3,(H,33,34,35);(H,6,7). The third-order valence-corrected chi connectivity index (χ3v) is 7.37. The number of pyridine rings is 1. The lowest BCUT2D eigenvalue weighted by Crippen LogP contribution is -2.30. The van der Waals surface area contributed by atoms with E-state index in [4.69, 9.17) is 43.1 Å². The fourth-order valence-corrected chi connectivity index (χ4v) is 4.59. The monoisotopic (exact) mass is 681 g/mol. The molecule has 0 radical (unpaired) electrons. The van der Waals surface area contributed by atoms with Crippen LogP contribution < -0.4 is 15.1 Å². The molecule has 3 heterocycles. The maximum atomic E-state index is 13.7. The van der Waals surface area contributed by atoms with Gasteiger partial charge in [0.1, 0.15) is 11.6 Å². The van der Waals surface area contributed by atoms with Crippen molar-refractivity contribution in [2.45, 2.75) is 31.7 Å². The third-order valence-electron chi connectivity index (χ3n) is 6.63. The van der Waals surface area contributed by atoms with Gasteiger partial charge in [0.05, 0.1) is 21.3 Å². The molecule has 0 saturated carbocycles. The molecular weight excluding hydrogens is 651 g/mol. The van der Waals surface area contributed by atoms with Crippen molar-refractivity contribution >= 4 is 46.8 Å². The SMILES string of the molecule is CN(C)CCN(C)c1nc2c(c(NCc3ccc(Cl)c(Cl)c3)n1)CCN(c1ncccc1C(F)(F)F)CC2.O=C(O)C(F)(F)F. The van der Waals surface area contributed by atoms with Crippen molar-refractivity contribution < 1.29 is 36.2 Å². The fraction of sp³-hybridized carbons (Fsp3) is 0.429. The molecule has 246 valence electrons. The predicted octanol–water partition coefficient (Wildman–Crippen LogP) is 6.05. The number of alkyl halides is 6. The number of nitrogens with zero attached hydrogens (tertiary/aromatic N) is 6. The second-order valence-electron chi connectivity index (χ2n) is 10.3. The molecule has 0 amide bonds. The Morgan fingerprint density at radius 1 is 1.00 bits per heavy atom. The lowest BCUT2D eigenvalue weighted by atomic mass is 10.1. The Bertz CT molecular complexity index is 1470. The molecular formula is C28H31Cl2F6N7O2. The Labute approximate surface area is 265 Å². The second kappa shape index (κ2) is 15.1. The van der Waals surface area contributed by atoms with Crippen molar-refractivity contribution in [3.05, 3.63) is 69.0 Å². The molecule has 17 heteroatoms. The molecule has 0 saturated heterocycles. The minimum Gasteiger partial charge on any atom is -0.475 e. The van der Waals surface area contributed by atoms with Crippen molar-refractivity contribution in [3.8, 4) is 0 Å². The minimum absolute atomic E-state index is 0.0607. The summed E-state index contributed by atoms with van der Waals surface area (Å²) in [4.78, 5) is 28.4. The van der Waals surface area contributed by atoms with Crippen LogP contribution >= 0.6 is 23.2 Å². The zero-order valence-corrected chi connectivity index (χ0v) is 26.0. The van der Waals surface area contributed by atoms with Crippen LogP contribution in [0, 0.1) is 0 Å². The summed E-state index contributed by atoms with van der Waals surface area (Å²) in [6.45, 7) is 2.69. The number of halogens is 8. The third kappa shape index (κ3) is 10.2. The molecule has 0 spiro atoms. The van der Waals surface area contributed by atoms with Crippen LogP contribution in [-0.2, 0) is 30.4 Å². The highest BCUT2D eigenvalue weighted by Crippen LogP contribution is 2.36. The number of carboxylic acid groups (broad SMARTS) is 1. The van der Waals surface area contributed by atoms with E-state index in [0.29, 0.717) is 60.8 Å². The van der Waals surface area contributed by atoms with Crippen LogP contribution in [0.3, 0.4) is 0 Å². The summed E-state index contributed by atoms with van der Waals surface area (Å²) in [7, 11) is 5.93. The zero-order chi connectivity index (χ0) is 33.5. The second-order valence-corrected chi connectivity index (χ2v) is 11.1. The Balaban J connectivity index is 0.000000707. The van der Waals surface area contributed by atoms with Crippen LogP contribution in [-0.4, -0.2) is 84.4 Å². The van der Waals surface area contributed by atoms with E-state index in [2.05, 4.69) is 15.2 Å². The number of benzene rings is 1. The quantitative estimate of drug-likeness (QED) is 0.276. The average Bonchev–Trinajstić information content (AvgIpc) is 3.18. The van der Waals surface area contributed by atoms with Gasteiger partial charge in [0, 0.05) is 58.0 Å². The Kier molecular flexibility index (Phi) is 12.1. The van der Waals surface area contributed by atoms with E-state index in [1.165, 1.54) is 12.3 Å². The molecule has 45 heavy (non-hydrogen) atoms. The lowest BCUT2D eigenvalue weighted by molar-refractivity contribution is -0.192. The number of carbonyl (C=O) groups is 1. The highest BCUT2D eigenvalue weighted by molar-refractivity contribution is 6.42. The summed E-state index contributed by atoms with van der Waals surface area (Å²) in [6, 6.07) is 7.80. The van der Waals surface area contributed by atoms with Gasteiger partial charge < -0.3 is 25.1 Å². The summed E-state index contributed by atoms with van der Waals surface area (Å²) in [5.41, 5.74) is 1.89. The van der Waals surface area contributed by atoms with Crippen LogP contribution in [0.15, 0.2) is 36.5 Å². The summed E-state index contributed by atoms with van der Waals surface area (Å²) in [5.74, 6) is -1.60. The number of fused-ring (bicyclic) bond motifs is 1. The first-order valence-electron chi connectivity index (χ1n) is 13.5. The van der Waals surface area contributed by atoms with Gasteiger partial charge in [-0.1, -0.05) is 29.3 Å². The number of aliphatic carboxylic acids is 1. The first-order valence-corrected chi connectivity index (χ1v) is 14.2.